The summed E-state index contributed by atoms with van der Waals surface area (Å²) < 4.78 is 6.83. The number of carbonyl (C=O) groups is 1. The zero-order chi connectivity index (χ0) is 20.7. The van der Waals surface area contributed by atoms with Gasteiger partial charge in [0, 0.05) is 17.3 Å². The molecule has 1 aliphatic rings. The van der Waals surface area contributed by atoms with Crippen LogP contribution in [-0.4, -0.2) is 22.6 Å². The zero-order valence-electron chi connectivity index (χ0n) is 16.1. The van der Waals surface area contributed by atoms with Crippen LogP contribution < -0.4 is 15.6 Å². The molecular weight excluding hydrogens is 378 g/mol. The average Bonchev–Trinajstić information content (AvgIpc) is 3.09. The number of nitrogens with zero attached hydrogens (tertiary/aromatic N) is 2. The number of nitrogens with one attached hydrogen (secondary N) is 1. The molecule has 0 atom stereocenters. The smallest absolute Gasteiger partial charge is 0.266 e. The number of hydrogen-bond acceptors (Lipinski definition) is 4. The first-order valence-corrected chi connectivity index (χ1v) is 9.44. The third-order valence-electron chi connectivity index (χ3n) is 5.10. The Balaban J connectivity index is 1.82. The Labute approximate surface area is 172 Å². The third-order valence-corrected chi connectivity index (χ3v) is 5.10. The number of benzene rings is 3. The van der Waals surface area contributed by atoms with Gasteiger partial charge in [0.25, 0.3) is 11.5 Å². The Hall–Kier alpha value is -4.19. The van der Waals surface area contributed by atoms with Crippen LogP contribution in [0.4, 0.5) is 5.69 Å². The van der Waals surface area contributed by atoms with Crippen molar-refractivity contribution < 1.29 is 9.53 Å². The van der Waals surface area contributed by atoms with E-state index in [0.717, 1.165) is 11.3 Å². The van der Waals surface area contributed by atoms with Crippen molar-refractivity contribution >= 4 is 34.1 Å². The highest BCUT2D eigenvalue weighted by atomic mass is 16.5. The fourth-order valence-corrected chi connectivity index (χ4v) is 3.66. The maximum Gasteiger partial charge on any atom is 0.266 e. The molecule has 3 aromatic carbocycles. The van der Waals surface area contributed by atoms with Crippen LogP contribution in [0.3, 0.4) is 0 Å². The third kappa shape index (κ3) is 2.86. The number of ether oxygens (including phenoxy) is 1. The average molecular weight is 395 g/mol. The summed E-state index contributed by atoms with van der Waals surface area (Å²) in [6.07, 6.45) is 1.66. The molecule has 4 aromatic rings. The van der Waals surface area contributed by atoms with Gasteiger partial charge in [-0.1, -0.05) is 36.4 Å². The second-order valence-electron chi connectivity index (χ2n) is 6.89. The van der Waals surface area contributed by atoms with E-state index in [1.54, 1.807) is 37.5 Å². The van der Waals surface area contributed by atoms with Gasteiger partial charge in [0.05, 0.1) is 29.3 Å². The van der Waals surface area contributed by atoms with Crippen molar-refractivity contribution in [2.75, 3.05) is 12.4 Å². The molecule has 1 N–H and O–H groups in total. The number of rotatable bonds is 3. The summed E-state index contributed by atoms with van der Waals surface area (Å²) in [5.41, 5.74) is 2.94. The number of fused-ring (bicyclic) bond motifs is 2. The van der Waals surface area contributed by atoms with E-state index in [0.29, 0.717) is 33.7 Å². The second-order valence-corrected chi connectivity index (χ2v) is 6.89. The number of carbonyl (C=O) groups excluding carboxylic acids is 1. The van der Waals surface area contributed by atoms with Crippen LogP contribution >= 0.6 is 0 Å². The number of anilines is 1. The van der Waals surface area contributed by atoms with Crippen molar-refractivity contribution in [3.05, 3.63) is 94.5 Å². The van der Waals surface area contributed by atoms with Crippen LogP contribution in [0.15, 0.2) is 77.6 Å². The molecule has 1 aliphatic heterocycles. The summed E-state index contributed by atoms with van der Waals surface area (Å²) in [5, 5.41) is 3.35. The van der Waals surface area contributed by atoms with E-state index in [-0.39, 0.29) is 11.5 Å². The molecule has 0 saturated carbocycles. The van der Waals surface area contributed by atoms with Gasteiger partial charge < -0.3 is 10.1 Å². The van der Waals surface area contributed by atoms with Crippen LogP contribution in [0.5, 0.6) is 5.75 Å². The maximum atomic E-state index is 13.4. The Morgan fingerprint density at radius 1 is 0.967 bits per heavy atom. The van der Waals surface area contributed by atoms with Gasteiger partial charge in [-0.05, 0) is 36.4 Å². The fourth-order valence-electron chi connectivity index (χ4n) is 3.66. The topological polar surface area (TPSA) is 73.2 Å². The summed E-state index contributed by atoms with van der Waals surface area (Å²) in [6, 6.07) is 21.8. The largest absolute Gasteiger partial charge is 0.497 e. The molecule has 6 nitrogen and oxygen atoms in total. The lowest BCUT2D eigenvalue weighted by molar-refractivity contribution is -0.110. The number of amides is 1. The van der Waals surface area contributed by atoms with Crippen molar-refractivity contribution in [3.63, 3.8) is 0 Å². The molecule has 30 heavy (non-hydrogen) atoms. The molecule has 146 valence electrons. The summed E-state index contributed by atoms with van der Waals surface area (Å²) in [6.45, 7) is 0. The van der Waals surface area contributed by atoms with Crippen molar-refractivity contribution in [2.45, 2.75) is 0 Å². The van der Waals surface area contributed by atoms with E-state index >= 15 is 0 Å². The Bertz CT molecular complexity index is 1400. The predicted molar refractivity (Wildman–Crippen MR) is 117 cm³/mol. The van der Waals surface area contributed by atoms with Crippen LogP contribution in [0.1, 0.15) is 11.4 Å². The minimum absolute atomic E-state index is 0.215. The highest BCUT2D eigenvalue weighted by molar-refractivity contribution is 6.34. The van der Waals surface area contributed by atoms with Gasteiger partial charge in [0.1, 0.15) is 11.6 Å². The molecule has 0 spiro atoms. The van der Waals surface area contributed by atoms with Crippen molar-refractivity contribution in [2.24, 2.45) is 0 Å². The number of methoxy groups -OCH3 is 1. The van der Waals surface area contributed by atoms with Crippen molar-refractivity contribution in [3.8, 4) is 11.4 Å². The molecule has 0 unspecified atom stereocenters. The molecule has 0 aliphatic carbocycles. The van der Waals surface area contributed by atoms with Crippen LogP contribution in [0, 0.1) is 0 Å². The first-order valence-electron chi connectivity index (χ1n) is 9.44. The Morgan fingerprint density at radius 2 is 1.77 bits per heavy atom. The molecular formula is C24H17N3O3. The van der Waals surface area contributed by atoms with E-state index < -0.39 is 0 Å². The summed E-state index contributed by atoms with van der Waals surface area (Å²) in [7, 11) is 1.57. The van der Waals surface area contributed by atoms with Crippen molar-refractivity contribution in [1.29, 1.82) is 0 Å². The molecule has 6 heteroatoms. The highest BCUT2D eigenvalue weighted by Gasteiger charge is 2.24. The fraction of sp³-hybridized carbons (Fsp3) is 0.0417. The molecule has 0 fully saturated rings. The molecule has 0 saturated heterocycles. The zero-order valence-corrected chi connectivity index (χ0v) is 16.1. The number of aromatic nitrogens is 2. The van der Waals surface area contributed by atoms with E-state index in [1.165, 1.54) is 4.57 Å². The lowest BCUT2D eigenvalue weighted by Gasteiger charge is -2.13. The number of para-hydroxylation sites is 2. The molecule has 2 heterocycles. The van der Waals surface area contributed by atoms with Crippen LogP contribution in [0.2, 0.25) is 0 Å². The lowest BCUT2D eigenvalue weighted by Crippen LogP contribution is -2.22. The van der Waals surface area contributed by atoms with Gasteiger partial charge in [-0.25, -0.2) is 4.98 Å². The maximum absolute atomic E-state index is 13.4. The Kier molecular flexibility index (Phi) is 4.17. The second kappa shape index (κ2) is 7.00. The first-order chi connectivity index (χ1) is 14.7. The quantitative estimate of drug-likeness (QED) is 0.534. The van der Waals surface area contributed by atoms with Crippen molar-refractivity contribution in [1.82, 2.24) is 9.55 Å². The normalized spacial score (nSPS) is 14.0. The van der Waals surface area contributed by atoms with E-state index in [1.807, 2.05) is 48.5 Å². The van der Waals surface area contributed by atoms with Crippen LogP contribution in [-0.2, 0) is 4.79 Å². The predicted octanol–water partition coefficient (Wildman–Crippen LogP) is 3.89. The molecule has 0 bridgehead atoms. The summed E-state index contributed by atoms with van der Waals surface area (Å²) >= 11 is 0. The standard InChI is InChI=1S/C24H17N3O3/c1-30-16-8-6-7-15(13-16)27-22(25-21-12-5-3-10-18(21)24(27)29)14-19-17-9-2-4-11-20(17)26-23(19)28/h2-14H,1H3,(H,26,28)/b19-14-. The lowest BCUT2D eigenvalue weighted by atomic mass is 10.1. The highest BCUT2D eigenvalue weighted by Crippen LogP contribution is 2.32. The van der Waals surface area contributed by atoms with Gasteiger partial charge in [-0.3, -0.25) is 14.2 Å². The SMILES string of the molecule is COc1cccc(-n2c(/C=C3\C(=O)Nc4ccccc43)nc3ccccc3c2=O)c1. The van der Waals surface area contributed by atoms with E-state index in [4.69, 9.17) is 9.72 Å². The van der Waals surface area contributed by atoms with Gasteiger partial charge in [-0.2, -0.15) is 0 Å². The van der Waals surface area contributed by atoms with E-state index in [2.05, 4.69) is 5.32 Å². The van der Waals surface area contributed by atoms with Gasteiger partial charge >= 0.3 is 0 Å². The van der Waals surface area contributed by atoms with Gasteiger partial charge in [0.15, 0.2) is 0 Å². The minimum atomic E-state index is -0.226. The minimum Gasteiger partial charge on any atom is -0.497 e. The van der Waals surface area contributed by atoms with E-state index in [9.17, 15) is 9.59 Å². The Morgan fingerprint density at radius 3 is 2.63 bits per heavy atom. The summed E-state index contributed by atoms with van der Waals surface area (Å²) in [4.78, 5) is 30.7. The summed E-state index contributed by atoms with van der Waals surface area (Å²) in [5.74, 6) is 0.764. The molecule has 0 radical (unpaired) electrons. The molecule has 1 aromatic heterocycles. The van der Waals surface area contributed by atoms with Gasteiger partial charge in [0.2, 0.25) is 0 Å². The van der Waals surface area contributed by atoms with Gasteiger partial charge in [-0.15, -0.1) is 0 Å². The monoisotopic (exact) mass is 395 g/mol. The first kappa shape index (κ1) is 17.9. The number of hydrogen-bond donors (Lipinski definition) is 1. The van der Waals surface area contributed by atoms with Crippen LogP contribution in [0.25, 0.3) is 28.2 Å². The molecule has 5 rings (SSSR count). The molecule has 1 amide bonds.